The number of Topliss-reactive ketones (excluding diaryl/α,β-unsaturated/α-hetero) is 1. The fourth-order valence-electron chi connectivity index (χ4n) is 1.01. The first-order valence-corrected chi connectivity index (χ1v) is 4.76. The molecule has 0 bridgehead atoms. The molecule has 14 heavy (non-hydrogen) atoms. The molecule has 5 nitrogen and oxygen atoms in total. The molecule has 1 rings (SSSR count). The van der Waals surface area contributed by atoms with Gasteiger partial charge in [0.1, 0.15) is 17.5 Å². The summed E-state index contributed by atoms with van der Waals surface area (Å²) in [6.07, 6.45) is -0.523. The highest BCUT2D eigenvalue weighted by molar-refractivity contribution is 6.99. The number of hydrogen-bond acceptors (Lipinski definition) is 6. The van der Waals surface area contributed by atoms with Crippen molar-refractivity contribution < 1.29 is 14.3 Å². The second-order valence-corrected chi connectivity index (χ2v) is 3.33. The number of nitrogens with zero attached hydrogens (tertiary/aromatic N) is 2. The van der Waals surface area contributed by atoms with Crippen LogP contribution in [0.25, 0.3) is 0 Å². The van der Waals surface area contributed by atoms with Gasteiger partial charge in [-0.2, -0.15) is 8.75 Å². The van der Waals surface area contributed by atoms with E-state index in [1.54, 1.807) is 6.92 Å². The molecule has 0 spiro atoms. The number of rotatable bonds is 3. The summed E-state index contributed by atoms with van der Waals surface area (Å²) in [5, 5.41) is 0. The second-order valence-electron chi connectivity index (χ2n) is 2.81. The van der Waals surface area contributed by atoms with Crippen molar-refractivity contribution in [3.05, 3.63) is 11.4 Å². The fourth-order valence-corrected chi connectivity index (χ4v) is 1.68. The summed E-state index contributed by atoms with van der Waals surface area (Å²) in [6.45, 7) is 4.37. The first-order chi connectivity index (χ1) is 6.52. The van der Waals surface area contributed by atoms with E-state index in [-0.39, 0.29) is 11.5 Å². The van der Waals surface area contributed by atoms with E-state index in [1.165, 1.54) is 13.8 Å². The Morgan fingerprint density at radius 2 is 2.00 bits per heavy atom. The molecule has 1 aromatic heterocycles. The molecule has 0 amide bonds. The highest BCUT2D eigenvalue weighted by Gasteiger charge is 2.20. The lowest BCUT2D eigenvalue weighted by atomic mass is 10.2. The van der Waals surface area contributed by atoms with E-state index in [0.29, 0.717) is 5.69 Å². The van der Waals surface area contributed by atoms with E-state index in [9.17, 15) is 9.59 Å². The predicted molar refractivity (Wildman–Crippen MR) is 50.1 cm³/mol. The number of hydrogen-bond donors (Lipinski definition) is 0. The first-order valence-electron chi connectivity index (χ1n) is 4.03. The quantitative estimate of drug-likeness (QED) is 0.561. The van der Waals surface area contributed by atoms with E-state index in [1.807, 2.05) is 0 Å². The minimum Gasteiger partial charge on any atom is -0.456 e. The molecular formula is C8H10N2O3S. The van der Waals surface area contributed by atoms with Crippen LogP contribution in [-0.4, -0.2) is 20.5 Å². The molecule has 0 aliphatic rings. The molecule has 0 N–H and O–H groups in total. The monoisotopic (exact) mass is 214 g/mol. The maximum atomic E-state index is 11.1. The Balaban J connectivity index is 2.89. The van der Waals surface area contributed by atoms with Crippen molar-refractivity contribution in [3.8, 4) is 0 Å². The summed E-state index contributed by atoms with van der Waals surface area (Å²) < 4.78 is 12.7. The highest BCUT2D eigenvalue weighted by Crippen LogP contribution is 2.19. The Morgan fingerprint density at radius 1 is 1.36 bits per heavy atom. The summed E-state index contributed by atoms with van der Waals surface area (Å²) in [7, 11) is 0. The zero-order chi connectivity index (χ0) is 10.7. The van der Waals surface area contributed by atoms with Crippen molar-refractivity contribution in [2.24, 2.45) is 0 Å². The van der Waals surface area contributed by atoms with E-state index < -0.39 is 12.1 Å². The third-order valence-corrected chi connectivity index (χ3v) is 2.12. The summed E-state index contributed by atoms with van der Waals surface area (Å²) in [4.78, 5) is 21.8. The van der Waals surface area contributed by atoms with Gasteiger partial charge in [-0.1, -0.05) is 0 Å². The molecule has 0 fully saturated rings. The van der Waals surface area contributed by atoms with Crippen LogP contribution < -0.4 is 0 Å². The van der Waals surface area contributed by atoms with Crippen molar-refractivity contribution in [2.45, 2.75) is 26.9 Å². The Morgan fingerprint density at radius 3 is 2.50 bits per heavy atom. The van der Waals surface area contributed by atoms with Crippen molar-refractivity contribution in [1.29, 1.82) is 0 Å². The number of carbonyl (C=O) groups is 2. The van der Waals surface area contributed by atoms with Crippen LogP contribution in [0.5, 0.6) is 0 Å². The van der Waals surface area contributed by atoms with Crippen LogP contribution in [0.2, 0.25) is 0 Å². The van der Waals surface area contributed by atoms with E-state index in [4.69, 9.17) is 4.74 Å². The number of carbonyl (C=O) groups excluding carboxylic acids is 2. The normalized spacial score (nSPS) is 12.2. The van der Waals surface area contributed by atoms with Crippen molar-refractivity contribution in [1.82, 2.24) is 8.75 Å². The molecule has 6 heteroatoms. The summed E-state index contributed by atoms with van der Waals surface area (Å²) in [5.41, 5.74) is 0.710. The molecule has 0 saturated carbocycles. The maximum absolute atomic E-state index is 11.1. The number of ether oxygens (including phenoxy) is 1. The van der Waals surface area contributed by atoms with Crippen LogP contribution in [-0.2, 0) is 9.53 Å². The van der Waals surface area contributed by atoms with E-state index in [0.717, 1.165) is 11.7 Å². The SMILES string of the molecule is CC(=O)OC(C)c1nsnc1C(C)=O. The molecule has 1 heterocycles. The summed E-state index contributed by atoms with van der Waals surface area (Å²) >= 11 is 0.938. The number of aromatic nitrogens is 2. The van der Waals surface area contributed by atoms with Crippen LogP contribution in [0.1, 0.15) is 43.1 Å². The van der Waals surface area contributed by atoms with Crippen LogP contribution in [0.15, 0.2) is 0 Å². The molecule has 0 aliphatic carbocycles. The average Bonchev–Trinajstić information content (AvgIpc) is 2.49. The lowest BCUT2D eigenvalue weighted by Gasteiger charge is -2.08. The molecule has 1 atom stereocenters. The van der Waals surface area contributed by atoms with Crippen LogP contribution in [0.4, 0.5) is 0 Å². The van der Waals surface area contributed by atoms with Gasteiger partial charge >= 0.3 is 5.97 Å². The average molecular weight is 214 g/mol. The van der Waals surface area contributed by atoms with Crippen LogP contribution >= 0.6 is 11.7 Å². The third-order valence-electron chi connectivity index (χ3n) is 1.58. The van der Waals surface area contributed by atoms with Gasteiger partial charge in [0.25, 0.3) is 0 Å². The summed E-state index contributed by atoms with van der Waals surface area (Å²) in [6, 6.07) is 0. The minimum absolute atomic E-state index is 0.173. The van der Waals surface area contributed by atoms with Crippen LogP contribution in [0, 0.1) is 0 Å². The molecule has 1 unspecified atom stereocenters. The Labute approximate surface area is 85.4 Å². The Hall–Kier alpha value is -1.30. The molecule has 0 aromatic carbocycles. The largest absolute Gasteiger partial charge is 0.456 e. The third kappa shape index (κ3) is 2.35. The van der Waals surface area contributed by atoms with Crippen molar-refractivity contribution in [2.75, 3.05) is 0 Å². The van der Waals surface area contributed by atoms with Crippen molar-refractivity contribution in [3.63, 3.8) is 0 Å². The number of esters is 1. The molecule has 0 radical (unpaired) electrons. The highest BCUT2D eigenvalue weighted by atomic mass is 32.1. The zero-order valence-electron chi connectivity index (χ0n) is 8.10. The van der Waals surface area contributed by atoms with Gasteiger partial charge in [-0.15, -0.1) is 0 Å². The van der Waals surface area contributed by atoms with Gasteiger partial charge in [-0.05, 0) is 6.92 Å². The van der Waals surface area contributed by atoms with Gasteiger partial charge in [0.05, 0.1) is 11.7 Å². The minimum atomic E-state index is -0.523. The molecule has 1 aromatic rings. The van der Waals surface area contributed by atoms with Gasteiger partial charge in [-0.3, -0.25) is 9.59 Å². The van der Waals surface area contributed by atoms with E-state index in [2.05, 4.69) is 8.75 Å². The predicted octanol–water partition coefficient (Wildman–Crippen LogP) is 1.36. The molecule has 0 saturated heterocycles. The van der Waals surface area contributed by atoms with Gasteiger partial charge < -0.3 is 4.74 Å². The smallest absolute Gasteiger partial charge is 0.303 e. The van der Waals surface area contributed by atoms with Gasteiger partial charge in [0, 0.05) is 13.8 Å². The lowest BCUT2D eigenvalue weighted by molar-refractivity contribution is -0.145. The zero-order valence-corrected chi connectivity index (χ0v) is 8.92. The topological polar surface area (TPSA) is 69.2 Å². The second kappa shape index (κ2) is 4.28. The fraction of sp³-hybridized carbons (Fsp3) is 0.500. The molecular weight excluding hydrogens is 204 g/mol. The first kappa shape index (κ1) is 10.8. The van der Waals surface area contributed by atoms with Gasteiger partial charge in [-0.25, -0.2) is 0 Å². The molecule has 0 aliphatic heterocycles. The van der Waals surface area contributed by atoms with Crippen molar-refractivity contribution >= 4 is 23.5 Å². The van der Waals surface area contributed by atoms with Gasteiger partial charge in [0.15, 0.2) is 5.78 Å². The van der Waals surface area contributed by atoms with Gasteiger partial charge in [0.2, 0.25) is 0 Å². The Kier molecular flexibility index (Phi) is 3.29. The summed E-state index contributed by atoms with van der Waals surface area (Å²) in [5.74, 6) is -0.576. The molecule has 76 valence electrons. The number of ketones is 1. The lowest BCUT2D eigenvalue weighted by Crippen LogP contribution is -2.09. The standard InChI is InChI=1S/C8H10N2O3S/c1-4(11)7-8(10-14-9-7)5(2)13-6(3)12/h5H,1-3H3. The maximum Gasteiger partial charge on any atom is 0.303 e. The van der Waals surface area contributed by atoms with Crippen LogP contribution in [0.3, 0.4) is 0 Å². The van der Waals surface area contributed by atoms with E-state index >= 15 is 0 Å². The Bertz CT molecular complexity index is 361.